The maximum absolute atomic E-state index is 12.6. The monoisotopic (exact) mass is 311 g/mol. The molecule has 0 aromatic heterocycles. The standard InChI is InChI=1S/C16H25NO3S/c1-12-15(11-18)9-6-10-16(12)21(19,20)17-13(2)14-7-4-3-5-8-14/h6,9-10,13-14,17-18H,3-5,7-8,11H2,1-2H3. The number of hydrogen-bond donors (Lipinski definition) is 2. The molecule has 1 aromatic carbocycles. The summed E-state index contributed by atoms with van der Waals surface area (Å²) in [4.78, 5) is 0.275. The summed E-state index contributed by atoms with van der Waals surface area (Å²) in [5, 5.41) is 9.28. The lowest BCUT2D eigenvalue weighted by atomic mass is 9.85. The number of aliphatic hydroxyl groups excluding tert-OH is 1. The molecule has 1 fully saturated rings. The maximum atomic E-state index is 12.6. The smallest absolute Gasteiger partial charge is 0.241 e. The van der Waals surface area contributed by atoms with Crippen LogP contribution >= 0.6 is 0 Å². The Balaban J connectivity index is 2.18. The topological polar surface area (TPSA) is 66.4 Å². The number of rotatable bonds is 5. The molecule has 1 aromatic rings. The molecule has 4 nitrogen and oxygen atoms in total. The average Bonchev–Trinajstić information content (AvgIpc) is 2.47. The highest BCUT2D eigenvalue weighted by atomic mass is 32.2. The summed E-state index contributed by atoms with van der Waals surface area (Å²) in [7, 11) is -3.53. The second-order valence-electron chi connectivity index (χ2n) is 6.01. The Morgan fingerprint density at radius 3 is 2.57 bits per heavy atom. The Morgan fingerprint density at radius 2 is 1.95 bits per heavy atom. The summed E-state index contributed by atoms with van der Waals surface area (Å²) in [6.45, 7) is 3.55. The lowest BCUT2D eigenvalue weighted by Gasteiger charge is -2.28. The van der Waals surface area contributed by atoms with Crippen molar-refractivity contribution in [1.29, 1.82) is 0 Å². The van der Waals surface area contributed by atoms with Gasteiger partial charge in [0.05, 0.1) is 11.5 Å². The largest absolute Gasteiger partial charge is 0.392 e. The minimum absolute atomic E-state index is 0.0486. The number of benzene rings is 1. The lowest BCUT2D eigenvalue weighted by molar-refractivity contribution is 0.280. The van der Waals surface area contributed by atoms with Crippen molar-refractivity contribution >= 4 is 10.0 Å². The Labute approximate surface area is 127 Å². The predicted octanol–water partition coefficient (Wildman–Crippen LogP) is 2.73. The summed E-state index contributed by atoms with van der Waals surface area (Å²) >= 11 is 0. The van der Waals surface area contributed by atoms with E-state index in [0.717, 1.165) is 12.8 Å². The summed E-state index contributed by atoms with van der Waals surface area (Å²) < 4.78 is 28.0. The van der Waals surface area contributed by atoms with Crippen molar-refractivity contribution in [1.82, 2.24) is 4.72 Å². The Morgan fingerprint density at radius 1 is 1.29 bits per heavy atom. The molecular weight excluding hydrogens is 286 g/mol. The van der Waals surface area contributed by atoms with E-state index in [2.05, 4.69) is 4.72 Å². The fraction of sp³-hybridized carbons (Fsp3) is 0.625. The summed E-state index contributed by atoms with van der Waals surface area (Å²) in [6, 6.07) is 4.98. The van der Waals surface area contributed by atoms with Gasteiger partial charge >= 0.3 is 0 Å². The second kappa shape index (κ2) is 6.90. The third-order valence-corrected chi connectivity index (χ3v) is 6.26. The molecule has 2 N–H and O–H groups in total. The van der Waals surface area contributed by atoms with Crippen LogP contribution in [-0.2, 0) is 16.6 Å². The van der Waals surface area contributed by atoms with Crippen LogP contribution in [0.25, 0.3) is 0 Å². The van der Waals surface area contributed by atoms with Crippen molar-refractivity contribution in [2.24, 2.45) is 5.92 Å². The van der Waals surface area contributed by atoms with Crippen LogP contribution < -0.4 is 4.72 Å². The first-order chi connectivity index (χ1) is 9.95. The van der Waals surface area contributed by atoms with Gasteiger partial charge in [-0.25, -0.2) is 13.1 Å². The molecule has 1 atom stereocenters. The number of hydrogen-bond acceptors (Lipinski definition) is 3. The minimum atomic E-state index is -3.53. The van der Waals surface area contributed by atoms with Gasteiger partial charge in [0, 0.05) is 6.04 Å². The molecule has 1 unspecified atom stereocenters. The fourth-order valence-corrected chi connectivity index (χ4v) is 4.76. The van der Waals surface area contributed by atoms with Crippen molar-refractivity contribution in [2.75, 3.05) is 0 Å². The van der Waals surface area contributed by atoms with Gasteiger partial charge in [0.25, 0.3) is 0 Å². The van der Waals surface area contributed by atoms with Crippen molar-refractivity contribution in [3.8, 4) is 0 Å². The zero-order valence-electron chi connectivity index (χ0n) is 12.8. The molecule has 1 aliphatic rings. The fourth-order valence-electron chi connectivity index (χ4n) is 3.16. The van der Waals surface area contributed by atoms with E-state index in [1.807, 2.05) is 6.92 Å². The zero-order valence-corrected chi connectivity index (χ0v) is 13.6. The highest BCUT2D eigenvalue weighted by molar-refractivity contribution is 7.89. The summed E-state index contributed by atoms with van der Waals surface area (Å²) in [5.41, 5.74) is 1.28. The first-order valence-electron chi connectivity index (χ1n) is 7.67. The quantitative estimate of drug-likeness (QED) is 0.878. The SMILES string of the molecule is Cc1c(CO)cccc1S(=O)(=O)NC(C)C1CCCCC1. The molecule has 0 heterocycles. The molecule has 2 rings (SSSR count). The first kappa shape index (κ1) is 16.5. The number of aliphatic hydroxyl groups is 1. The lowest BCUT2D eigenvalue weighted by Crippen LogP contribution is -2.39. The van der Waals surface area contributed by atoms with E-state index in [-0.39, 0.29) is 17.5 Å². The Bertz CT molecular complexity index is 577. The normalized spacial score (nSPS) is 18.6. The van der Waals surface area contributed by atoms with Crippen molar-refractivity contribution < 1.29 is 13.5 Å². The van der Waals surface area contributed by atoms with Gasteiger partial charge in [0.2, 0.25) is 10.0 Å². The number of sulfonamides is 1. The molecule has 21 heavy (non-hydrogen) atoms. The molecular formula is C16H25NO3S. The molecule has 1 saturated carbocycles. The van der Waals surface area contributed by atoms with E-state index in [1.165, 1.54) is 19.3 Å². The van der Waals surface area contributed by atoms with Gasteiger partial charge in [0.1, 0.15) is 0 Å². The summed E-state index contributed by atoms with van der Waals surface area (Å²) in [5.74, 6) is 0.426. The molecule has 0 aliphatic heterocycles. The molecule has 0 spiro atoms. The predicted molar refractivity (Wildman–Crippen MR) is 83.5 cm³/mol. The number of nitrogens with one attached hydrogen (secondary N) is 1. The third-order valence-electron chi connectivity index (χ3n) is 4.55. The van der Waals surface area contributed by atoms with Crippen molar-refractivity contribution in [3.05, 3.63) is 29.3 Å². The van der Waals surface area contributed by atoms with E-state index in [9.17, 15) is 13.5 Å². The van der Waals surface area contributed by atoms with E-state index in [4.69, 9.17) is 0 Å². The van der Waals surface area contributed by atoms with Gasteiger partial charge in [0.15, 0.2) is 0 Å². The van der Waals surface area contributed by atoms with E-state index in [1.54, 1.807) is 25.1 Å². The van der Waals surface area contributed by atoms with Crippen LogP contribution in [0.5, 0.6) is 0 Å². The van der Waals surface area contributed by atoms with Gasteiger partial charge < -0.3 is 5.11 Å². The molecule has 0 amide bonds. The molecule has 0 bridgehead atoms. The highest BCUT2D eigenvalue weighted by Gasteiger charge is 2.26. The van der Waals surface area contributed by atoms with Gasteiger partial charge in [-0.1, -0.05) is 31.4 Å². The van der Waals surface area contributed by atoms with Crippen LogP contribution in [0.2, 0.25) is 0 Å². The van der Waals surface area contributed by atoms with Crippen LogP contribution in [0.4, 0.5) is 0 Å². The third kappa shape index (κ3) is 3.84. The van der Waals surface area contributed by atoms with Crippen LogP contribution in [0, 0.1) is 12.8 Å². The van der Waals surface area contributed by atoms with Crippen molar-refractivity contribution in [3.63, 3.8) is 0 Å². The minimum Gasteiger partial charge on any atom is -0.392 e. The van der Waals surface area contributed by atoms with E-state index < -0.39 is 10.0 Å². The zero-order chi connectivity index (χ0) is 15.5. The van der Waals surface area contributed by atoms with Crippen LogP contribution in [0.15, 0.2) is 23.1 Å². The van der Waals surface area contributed by atoms with Crippen molar-refractivity contribution in [2.45, 2.75) is 63.5 Å². The maximum Gasteiger partial charge on any atom is 0.241 e. The molecule has 1 aliphatic carbocycles. The first-order valence-corrected chi connectivity index (χ1v) is 9.15. The van der Waals surface area contributed by atoms with Gasteiger partial charge in [-0.3, -0.25) is 0 Å². The van der Waals surface area contributed by atoms with Gasteiger partial charge in [-0.2, -0.15) is 0 Å². The highest BCUT2D eigenvalue weighted by Crippen LogP contribution is 2.27. The molecule has 118 valence electrons. The average molecular weight is 311 g/mol. The van der Waals surface area contributed by atoms with Crippen LogP contribution in [0.3, 0.4) is 0 Å². The molecule has 5 heteroatoms. The van der Waals surface area contributed by atoms with Crippen LogP contribution in [-0.4, -0.2) is 19.6 Å². The Hall–Kier alpha value is -0.910. The second-order valence-corrected chi connectivity index (χ2v) is 7.69. The van der Waals surface area contributed by atoms with Gasteiger partial charge in [-0.05, 0) is 49.8 Å². The van der Waals surface area contributed by atoms with Crippen LogP contribution in [0.1, 0.15) is 50.2 Å². The molecule has 0 saturated heterocycles. The Kier molecular flexibility index (Phi) is 5.41. The summed E-state index contributed by atoms with van der Waals surface area (Å²) in [6.07, 6.45) is 5.83. The van der Waals surface area contributed by atoms with E-state index >= 15 is 0 Å². The molecule has 0 radical (unpaired) electrons. The van der Waals surface area contributed by atoms with Gasteiger partial charge in [-0.15, -0.1) is 0 Å². The van der Waals surface area contributed by atoms with E-state index in [0.29, 0.717) is 17.0 Å².